The van der Waals surface area contributed by atoms with Crippen molar-refractivity contribution in [2.75, 3.05) is 24.6 Å². The van der Waals surface area contributed by atoms with Crippen molar-refractivity contribution in [3.05, 3.63) is 96.1 Å². The molecule has 4 aliphatic rings. The number of rotatable bonds is 7. The van der Waals surface area contributed by atoms with Crippen LogP contribution in [-0.2, 0) is 32.3 Å². The van der Waals surface area contributed by atoms with Crippen LogP contribution in [-0.4, -0.2) is 43.2 Å². The van der Waals surface area contributed by atoms with E-state index in [0.717, 1.165) is 23.2 Å². The van der Waals surface area contributed by atoms with Gasteiger partial charge in [-0.2, -0.15) is 0 Å². The first kappa shape index (κ1) is 32.7. The second-order valence-corrected chi connectivity index (χ2v) is 17.5. The van der Waals surface area contributed by atoms with Crippen molar-refractivity contribution in [1.82, 2.24) is 0 Å². The van der Waals surface area contributed by atoms with E-state index in [4.69, 9.17) is 0 Å². The zero-order valence-corrected chi connectivity index (χ0v) is 26.2. The molecule has 2 saturated heterocycles. The van der Waals surface area contributed by atoms with Gasteiger partial charge in [-0.15, -0.1) is 0 Å². The average Bonchev–Trinajstić information content (AvgIpc) is 3.71. The van der Waals surface area contributed by atoms with E-state index >= 15 is 0 Å². The van der Waals surface area contributed by atoms with Crippen LogP contribution in [0.4, 0.5) is 17.3 Å². The SMILES string of the molecule is C1=CC2C=CC1C2.F[B-](F)(F)F.[Rh].c1ccc(C[C@@H]2CCC[PH+]2CC[PH+]2CCC[C@H]2Cc2ccccc2)cc1. The van der Waals surface area contributed by atoms with Crippen LogP contribution in [0, 0.1) is 11.8 Å². The second-order valence-electron chi connectivity index (χ2n) is 11.2. The molecule has 2 bridgehead atoms. The smallest absolute Gasteiger partial charge is 0.418 e. The summed E-state index contributed by atoms with van der Waals surface area (Å²) in [5, 5.41) is 0. The molecule has 0 saturated carbocycles. The van der Waals surface area contributed by atoms with Gasteiger partial charge in [-0.25, -0.2) is 0 Å². The molecule has 4 atom stereocenters. The van der Waals surface area contributed by atoms with Crippen LogP contribution in [0.5, 0.6) is 0 Å². The monoisotopic (exact) mass is 666 g/mol. The Kier molecular flexibility index (Phi) is 13.9. The van der Waals surface area contributed by atoms with Gasteiger partial charge in [-0.3, -0.25) is 0 Å². The van der Waals surface area contributed by atoms with Gasteiger partial charge in [0.25, 0.3) is 0 Å². The van der Waals surface area contributed by atoms with Gasteiger partial charge in [-0.05, 0) is 55.1 Å². The van der Waals surface area contributed by atoms with Crippen molar-refractivity contribution in [3.63, 3.8) is 0 Å². The van der Waals surface area contributed by atoms with Gasteiger partial charge in [-0.1, -0.05) is 85.0 Å². The largest absolute Gasteiger partial charge is 0.673 e. The Morgan fingerprint density at radius 1 is 0.615 bits per heavy atom. The predicted octanol–water partition coefficient (Wildman–Crippen LogP) is 9.27. The summed E-state index contributed by atoms with van der Waals surface area (Å²) < 4.78 is 39.0. The summed E-state index contributed by atoms with van der Waals surface area (Å²) in [7, 11) is -6.21. The summed E-state index contributed by atoms with van der Waals surface area (Å²) in [5.74, 6) is 1.62. The molecule has 8 heteroatoms. The summed E-state index contributed by atoms with van der Waals surface area (Å²) in [4.78, 5) is 0. The predicted molar refractivity (Wildman–Crippen MR) is 162 cm³/mol. The number of allylic oxidation sites excluding steroid dienone is 4. The van der Waals surface area contributed by atoms with Gasteiger partial charge in [0.15, 0.2) is 0 Å². The Balaban J connectivity index is 0.000000266. The summed E-state index contributed by atoms with van der Waals surface area (Å²) in [6.07, 6.45) is 25.8. The maximum Gasteiger partial charge on any atom is 0.673 e. The molecule has 0 N–H and O–H groups in total. The fourth-order valence-corrected chi connectivity index (χ4v) is 14.9. The Morgan fingerprint density at radius 3 is 1.28 bits per heavy atom. The molecule has 2 aromatic rings. The molecule has 0 amide bonds. The first-order valence-corrected chi connectivity index (χ1v) is 18.3. The molecule has 39 heavy (non-hydrogen) atoms. The minimum absolute atomic E-state index is 0. The van der Waals surface area contributed by atoms with Gasteiger partial charge >= 0.3 is 7.25 Å². The van der Waals surface area contributed by atoms with Crippen LogP contribution in [0.1, 0.15) is 43.2 Å². The van der Waals surface area contributed by atoms with Gasteiger partial charge < -0.3 is 17.3 Å². The van der Waals surface area contributed by atoms with Crippen molar-refractivity contribution >= 4 is 23.1 Å². The third-order valence-corrected chi connectivity index (χ3v) is 16.0. The molecule has 0 spiro atoms. The Morgan fingerprint density at radius 2 is 0.974 bits per heavy atom. The van der Waals surface area contributed by atoms with E-state index in [1.165, 1.54) is 44.9 Å². The van der Waals surface area contributed by atoms with E-state index in [-0.39, 0.29) is 35.3 Å². The zero-order chi connectivity index (χ0) is 26.8. The Labute approximate surface area is 247 Å². The normalized spacial score (nSPS) is 28.3. The molecule has 6 rings (SSSR count). The van der Waals surface area contributed by atoms with Crippen molar-refractivity contribution in [2.45, 2.75) is 56.3 Å². The molecule has 2 unspecified atom stereocenters. The second kappa shape index (κ2) is 16.6. The van der Waals surface area contributed by atoms with Gasteiger partial charge in [0.1, 0.15) is 0 Å². The van der Waals surface area contributed by atoms with Crippen LogP contribution in [0.25, 0.3) is 0 Å². The van der Waals surface area contributed by atoms with Crippen molar-refractivity contribution in [1.29, 1.82) is 0 Å². The molecular weight excluding hydrogens is 624 g/mol. The zero-order valence-electron chi connectivity index (χ0n) is 22.6. The minimum Gasteiger partial charge on any atom is -0.418 e. The number of fused-ring (bicyclic) bond motifs is 2. The van der Waals surface area contributed by atoms with Crippen LogP contribution in [0.15, 0.2) is 85.0 Å². The molecule has 2 aliphatic carbocycles. The maximum atomic E-state index is 9.75. The van der Waals surface area contributed by atoms with Gasteiger partial charge in [0, 0.05) is 48.2 Å². The molecule has 1 radical (unpaired) electrons. The third-order valence-electron chi connectivity index (χ3n) is 8.43. The molecule has 0 nitrogen and oxygen atoms in total. The van der Waals surface area contributed by atoms with E-state index in [9.17, 15) is 17.3 Å². The molecule has 2 aliphatic heterocycles. The Hall–Kier alpha value is -0.812. The molecule has 2 aromatic carbocycles. The summed E-state index contributed by atoms with van der Waals surface area (Å²) in [6, 6.07) is 22.6. The number of halogens is 4. The quantitative estimate of drug-likeness (QED) is 0.120. The van der Waals surface area contributed by atoms with Gasteiger partial charge in [0.05, 0.1) is 36.0 Å². The average molecular weight is 666 g/mol. The Bertz CT molecular complexity index is 925. The fourth-order valence-electron chi connectivity index (χ4n) is 6.56. The topological polar surface area (TPSA) is 0 Å². The molecule has 215 valence electrons. The van der Waals surface area contributed by atoms with E-state index < -0.39 is 7.25 Å². The summed E-state index contributed by atoms with van der Waals surface area (Å²) in [6.45, 7) is 0. The van der Waals surface area contributed by atoms with Crippen LogP contribution in [0.3, 0.4) is 0 Å². The van der Waals surface area contributed by atoms with E-state index in [0.29, 0.717) is 0 Å². The van der Waals surface area contributed by atoms with Crippen LogP contribution in [0.2, 0.25) is 0 Å². The molecule has 2 heterocycles. The minimum atomic E-state index is -6.00. The maximum absolute atomic E-state index is 9.75. The first-order valence-electron chi connectivity index (χ1n) is 14.3. The van der Waals surface area contributed by atoms with E-state index in [2.05, 4.69) is 85.0 Å². The van der Waals surface area contributed by atoms with Crippen LogP contribution < -0.4 is 0 Å². The van der Waals surface area contributed by atoms with Crippen LogP contribution >= 0.6 is 15.8 Å². The van der Waals surface area contributed by atoms with Crippen molar-refractivity contribution < 1.29 is 36.7 Å². The van der Waals surface area contributed by atoms with E-state index in [1.54, 1.807) is 35.8 Å². The third kappa shape index (κ3) is 11.9. The van der Waals surface area contributed by atoms with Crippen molar-refractivity contribution in [2.24, 2.45) is 11.8 Å². The fraction of sp³-hybridized carbons (Fsp3) is 0.484. The summed E-state index contributed by atoms with van der Waals surface area (Å²) >= 11 is 0. The first-order chi connectivity index (χ1) is 18.3. The molecule has 2 fully saturated rings. The van der Waals surface area contributed by atoms with Crippen molar-refractivity contribution in [3.8, 4) is 0 Å². The molecule has 0 aromatic heterocycles. The number of benzene rings is 2. The number of hydrogen-bond donors (Lipinski definition) is 0. The van der Waals surface area contributed by atoms with E-state index in [1.807, 2.05) is 0 Å². The molecular formula is C31H42BF4P2Rh+. The standard InChI is InChI=1S/C24H32P2.C7H8.BF4.Rh/c1-3-9-21(10-4-1)19-23-13-7-15-25(23)17-18-26-16-8-14-24(26)20-22-11-5-2-6-12-22;1-2-7-4-3-6(1)5-7;2-1(3,4)5;/h1-6,9-12,23-24H,7-8,13-20H2;1-4,6-7H,5H2;;/q;;-1;/p+2/t23-,24-,25?,26?;;;/m0.../s1. The van der Waals surface area contributed by atoms with Gasteiger partial charge in [0.2, 0.25) is 0 Å². The summed E-state index contributed by atoms with van der Waals surface area (Å²) in [5.41, 5.74) is 5.27. The number of hydrogen-bond acceptors (Lipinski definition) is 0.